The summed E-state index contributed by atoms with van der Waals surface area (Å²) in [6.45, 7) is 3.15. The van der Waals surface area contributed by atoms with Crippen molar-refractivity contribution in [2.24, 2.45) is 0 Å². The molecule has 1 N–H and O–H groups in total. The summed E-state index contributed by atoms with van der Waals surface area (Å²) in [6, 6.07) is 14.2. The van der Waals surface area contributed by atoms with Crippen molar-refractivity contribution in [3.05, 3.63) is 84.8 Å². The SMILES string of the molecule is CCOc1cc(CNc2cc(Cl)cc(Cl)c2)c(Cl)cc1OCc1ccc(Cl)c(Cl)c1. The van der Waals surface area contributed by atoms with E-state index in [0.717, 1.165) is 16.8 Å². The Balaban J connectivity index is 1.76. The Morgan fingerprint density at radius 3 is 2.10 bits per heavy atom. The van der Waals surface area contributed by atoms with Crippen LogP contribution < -0.4 is 14.8 Å². The molecular weight excluding hydrogens is 488 g/mol. The first-order valence-electron chi connectivity index (χ1n) is 9.07. The highest BCUT2D eigenvalue weighted by atomic mass is 35.5. The molecule has 3 nitrogen and oxygen atoms in total. The second-order valence-corrected chi connectivity index (χ2v) is 8.47. The molecule has 0 aliphatic carbocycles. The van der Waals surface area contributed by atoms with E-state index < -0.39 is 0 Å². The third kappa shape index (κ3) is 6.26. The van der Waals surface area contributed by atoms with Gasteiger partial charge in [0.05, 0.1) is 16.7 Å². The zero-order valence-corrected chi connectivity index (χ0v) is 19.7. The molecule has 158 valence electrons. The van der Waals surface area contributed by atoms with E-state index in [1.807, 2.05) is 19.1 Å². The van der Waals surface area contributed by atoms with Gasteiger partial charge in [0.15, 0.2) is 11.5 Å². The maximum absolute atomic E-state index is 6.49. The molecule has 0 atom stereocenters. The third-order valence-electron chi connectivity index (χ3n) is 4.14. The van der Waals surface area contributed by atoms with Gasteiger partial charge in [-0.15, -0.1) is 0 Å². The number of benzene rings is 3. The van der Waals surface area contributed by atoms with E-state index in [9.17, 15) is 0 Å². The molecule has 3 aromatic carbocycles. The number of hydrogen-bond donors (Lipinski definition) is 1. The maximum atomic E-state index is 6.49. The standard InChI is InChI=1S/C22H18Cl5NO2/c1-2-29-21-6-14(11-28-17-8-15(23)7-16(24)9-17)19(26)10-22(21)30-12-13-3-4-18(25)20(27)5-13/h3-10,28H,2,11-12H2,1H3. The topological polar surface area (TPSA) is 30.5 Å². The molecule has 0 aliphatic heterocycles. The van der Waals surface area contributed by atoms with Crippen molar-refractivity contribution in [2.45, 2.75) is 20.1 Å². The summed E-state index contributed by atoms with van der Waals surface area (Å²) in [6.07, 6.45) is 0. The molecule has 3 rings (SSSR count). The van der Waals surface area contributed by atoms with Gasteiger partial charge >= 0.3 is 0 Å². The molecule has 3 aromatic rings. The third-order valence-corrected chi connectivity index (χ3v) is 5.66. The lowest BCUT2D eigenvalue weighted by Crippen LogP contribution is -2.04. The van der Waals surface area contributed by atoms with Crippen molar-refractivity contribution < 1.29 is 9.47 Å². The van der Waals surface area contributed by atoms with Gasteiger partial charge in [-0.05, 0) is 54.4 Å². The lowest BCUT2D eigenvalue weighted by Gasteiger charge is -2.16. The summed E-state index contributed by atoms with van der Waals surface area (Å²) < 4.78 is 11.7. The number of halogens is 5. The van der Waals surface area contributed by atoms with Crippen LogP contribution >= 0.6 is 58.0 Å². The molecule has 0 aliphatic rings. The van der Waals surface area contributed by atoms with Crippen LogP contribution in [-0.2, 0) is 13.2 Å². The Morgan fingerprint density at radius 2 is 1.43 bits per heavy atom. The average Bonchev–Trinajstić information content (AvgIpc) is 2.69. The minimum Gasteiger partial charge on any atom is -0.490 e. The smallest absolute Gasteiger partial charge is 0.163 e. The van der Waals surface area contributed by atoms with Gasteiger partial charge in [-0.25, -0.2) is 0 Å². The molecule has 30 heavy (non-hydrogen) atoms. The van der Waals surface area contributed by atoms with Gasteiger partial charge in [0.2, 0.25) is 0 Å². The number of anilines is 1. The zero-order chi connectivity index (χ0) is 21.7. The van der Waals surface area contributed by atoms with Crippen LogP contribution in [0.5, 0.6) is 11.5 Å². The number of hydrogen-bond acceptors (Lipinski definition) is 3. The van der Waals surface area contributed by atoms with Crippen LogP contribution in [0.3, 0.4) is 0 Å². The molecule has 0 spiro atoms. The zero-order valence-electron chi connectivity index (χ0n) is 15.9. The second-order valence-electron chi connectivity index (χ2n) is 6.37. The second kappa shape index (κ2) is 10.7. The van der Waals surface area contributed by atoms with Crippen LogP contribution in [0.25, 0.3) is 0 Å². The van der Waals surface area contributed by atoms with Gasteiger partial charge in [0, 0.05) is 33.4 Å². The monoisotopic (exact) mass is 503 g/mol. The van der Waals surface area contributed by atoms with E-state index in [4.69, 9.17) is 67.5 Å². The Bertz CT molecular complexity index is 1020. The van der Waals surface area contributed by atoms with Crippen molar-refractivity contribution >= 4 is 63.7 Å². The summed E-state index contributed by atoms with van der Waals surface area (Å²) in [5, 5.41) is 5.89. The van der Waals surface area contributed by atoms with Crippen molar-refractivity contribution in [1.82, 2.24) is 0 Å². The minimum absolute atomic E-state index is 0.298. The number of nitrogens with one attached hydrogen (secondary N) is 1. The van der Waals surface area contributed by atoms with E-state index in [1.54, 1.807) is 36.4 Å². The fraction of sp³-hybridized carbons (Fsp3) is 0.182. The number of ether oxygens (including phenoxy) is 2. The molecule has 0 saturated carbocycles. The summed E-state index contributed by atoms with van der Waals surface area (Å²) >= 11 is 30.6. The Kier molecular flexibility index (Phi) is 8.27. The van der Waals surface area contributed by atoms with Crippen LogP contribution in [-0.4, -0.2) is 6.61 Å². The molecule has 0 aromatic heterocycles. The van der Waals surface area contributed by atoms with Gasteiger partial charge in [0.1, 0.15) is 6.61 Å². The van der Waals surface area contributed by atoms with Crippen molar-refractivity contribution in [3.8, 4) is 11.5 Å². The Hall–Kier alpha value is -1.49. The molecular formula is C22H18Cl5NO2. The summed E-state index contributed by atoms with van der Waals surface area (Å²) in [5.41, 5.74) is 2.52. The van der Waals surface area contributed by atoms with E-state index in [2.05, 4.69) is 5.32 Å². The van der Waals surface area contributed by atoms with Gasteiger partial charge in [-0.3, -0.25) is 0 Å². The molecule has 0 bridgehead atoms. The summed E-state index contributed by atoms with van der Waals surface area (Å²) in [5.74, 6) is 1.14. The first kappa shape index (κ1) is 23.2. The molecule has 0 fully saturated rings. The van der Waals surface area contributed by atoms with E-state index >= 15 is 0 Å². The van der Waals surface area contributed by atoms with Crippen LogP contribution in [0.1, 0.15) is 18.1 Å². The fourth-order valence-corrected chi connectivity index (χ4v) is 3.80. The molecule has 0 radical (unpaired) electrons. The predicted molar refractivity (Wildman–Crippen MR) is 127 cm³/mol. The highest BCUT2D eigenvalue weighted by Gasteiger charge is 2.12. The van der Waals surface area contributed by atoms with Gasteiger partial charge < -0.3 is 14.8 Å². The van der Waals surface area contributed by atoms with Crippen molar-refractivity contribution in [2.75, 3.05) is 11.9 Å². The van der Waals surface area contributed by atoms with E-state index in [0.29, 0.717) is 56.4 Å². The lowest BCUT2D eigenvalue weighted by molar-refractivity contribution is 0.269. The normalized spacial score (nSPS) is 10.7. The van der Waals surface area contributed by atoms with Gasteiger partial charge in [-0.1, -0.05) is 64.1 Å². The fourth-order valence-electron chi connectivity index (χ4n) is 2.74. The first-order chi connectivity index (χ1) is 14.4. The van der Waals surface area contributed by atoms with Crippen LogP contribution in [0, 0.1) is 0 Å². The summed E-state index contributed by atoms with van der Waals surface area (Å²) in [7, 11) is 0. The molecule has 0 heterocycles. The number of rotatable bonds is 8. The first-order valence-corrected chi connectivity index (χ1v) is 11.0. The predicted octanol–water partition coefficient (Wildman–Crippen LogP) is 8.54. The minimum atomic E-state index is 0.298. The van der Waals surface area contributed by atoms with Crippen molar-refractivity contribution in [1.29, 1.82) is 0 Å². The largest absolute Gasteiger partial charge is 0.490 e. The van der Waals surface area contributed by atoms with Crippen molar-refractivity contribution in [3.63, 3.8) is 0 Å². The van der Waals surface area contributed by atoms with Crippen LogP contribution in [0.4, 0.5) is 5.69 Å². The molecule has 0 saturated heterocycles. The average molecular weight is 506 g/mol. The van der Waals surface area contributed by atoms with Crippen LogP contribution in [0.2, 0.25) is 25.1 Å². The quantitative estimate of drug-likeness (QED) is 0.333. The van der Waals surface area contributed by atoms with E-state index in [-0.39, 0.29) is 0 Å². The highest BCUT2D eigenvalue weighted by molar-refractivity contribution is 6.42. The van der Waals surface area contributed by atoms with Crippen LogP contribution in [0.15, 0.2) is 48.5 Å². The van der Waals surface area contributed by atoms with E-state index in [1.165, 1.54) is 0 Å². The van der Waals surface area contributed by atoms with Gasteiger partial charge in [-0.2, -0.15) is 0 Å². The molecule has 0 unspecified atom stereocenters. The Labute approximate surface area is 200 Å². The molecule has 0 amide bonds. The van der Waals surface area contributed by atoms with Gasteiger partial charge in [0.25, 0.3) is 0 Å². The Morgan fingerprint density at radius 1 is 0.733 bits per heavy atom. The maximum Gasteiger partial charge on any atom is 0.163 e. The molecule has 8 heteroatoms. The highest BCUT2D eigenvalue weighted by Crippen LogP contribution is 2.35. The lowest BCUT2D eigenvalue weighted by atomic mass is 10.2. The summed E-state index contributed by atoms with van der Waals surface area (Å²) in [4.78, 5) is 0.